The van der Waals surface area contributed by atoms with Crippen LogP contribution in [0.2, 0.25) is 0 Å². The Hall–Kier alpha value is -1.82. The number of amides is 1. The van der Waals surface area contributed by atoms with Gasteiger partial charge >= 0.3 is 5.97 Å². The topological polar surface area (TPSA) is 91.0 Å². The summed E-state index contributed by atoms with van der Waals surface area (Å²) in [7, 11) is 0. The van der Waals surface area contributed by atoms with Crippen molar-refractivity contribution in [1.29, 1.82) is 0 Å². The van der Waals surface area contributed by atoms with Crippen LogP contribution in [0.3, 0.4) is 0 Å². The van der Waals surface area contributed by atoms with Crippen molar-refractivity contribution in [1.82, 2.24) is 4.90 Å². The zero-order valence-corrected chi connectivity index (χ0v) is 10.0. The van der Waals surface area contributed by atoms with Gasteiger partial charge < -0.3 is 19.5 Å². The number of carboxylic acids is 1. The molecular formula is C12H15NO5. The third-order valence-corrected chi connectivity index (χ3v) is 3.23. The molecule has 1 aromatic rings. The predicted molar refractivity (Wildman–Crippen MR) is 61.2 cm³/mol. The molecule has 6 heteroatoms. The number of carbonyl (C=O) groups is 2. The molecule has 0 aromatic carbocycles. The Morgan fingerprint density at radius 2 is 1.94 bits per heavy atom. The second-order valence-corrected chi connectivity index (χ2v) is 4.54. The molecule has 6 nitrogen and oxygen atoms in total. The Labute approximate surface area is 104 Å². The summed E-state index contributed by atoms with van der Waals surface area (Å²) in [5.41, 5.74) is -1.71. The van der Waals surface area contributed by atoms with E-state index in [0.717, 1.165) is 0 Å². The first kappa shape index (κ1) is 12.6. The highest BCUT2D eigenvalue weighted by atomic mass is 16.4. The normalized spacial score (nSPS) is 18.7. The third kappa shape index (κ3) is 2.24. The first-order valence-corrected chi connectivity index (χ1v) is 5.74. The number of furan rings is 1. The van der Waals surface area contributed by atoms with Gasteiger partial charge in [0.1, 0.15) is 5.76 Å². The highest BCUT2D eigenvalue weighted by molar-refractivity contribution is 5.91. The number of hydrogen-bond acceptors (Lipinski definition) is 4. The maximum Gasteiger partial charge on any atom is 0.335 e. The average Bonchev–Trinajstić information content (AvgIpc) is 2.76. The fourth-order valence-electron chi connectivity index (χ4n) is 2.00. The molecule has 0 spiro atoms. The molecule has 0 aliphatic carbocycles. The third-order valence-electron chi connectivity index (χ3n) is 3.23. The van der Waals surface area contributed by atoms with E-state index in [0.29, 0.717) is 5.76 Å². The van der Waals surface area contributed by atoms with Crippen molar-refractivity contribution in [2.45, 2.75) is 25.4 Å². The summed E-state index contributed by atoms with van der Waals surface area (Å²) >= 11 is 0. The predicted octanol–water partition coefficient (Wildman–Crippen LogP) is 0.640. The van der Waals surface area contributed by atoms with Gasteiger partial charge in [-0.1, -0.05) is 0 Å². The molecule has 0 atom stereocenters. The monoisotopic (exact) mass is 253 g/mol. The Balaban J connectivity index is 2.02. The Morgan fingerprint density at radius 1 is 1.33 bits per heavy atom. The summed E-state index contributed by atoms with van der Waals surface area (Å²) in [4.78, 5) is 24.3. The number of piperidine rings is 1. The first-order chi connectivity index (χ1) is 8.42. The average molecular weight is 253 g/mol. The van der Waals surface area contributed by atoms with E-state index in [2.05, 4.69) is 0 Å². The fourth-order valence-corrected chi connectivity index (χ4v) is 2.00. The number of aliphatic carboxylic acids is 1. The van der Waals surface area contributed by atoms with Crippen LogP contribution in [0.15, 0.2) is 16.5 Å². The number of likely N-dealkylation sites (tertiary alicyclic amines) is 1. The summed E-state index contributed by atoms with van der Waals surface area (Å²) in [6.07, 6.45) is 0.0710. The number of rotatable bonds is 2. The SMILES string of the molecule is Cc1ccc(C(=O)N2CCC(O)(C(=O)O)CC2)o1. The van der Waals surface area contributed by atoms with E-state index in [9.17, 15) is 14.7 Å². The van der Waals surface area contributed by atoms with Crippen LogP contribution in [-0.4, -0.2) is 45.7 Å². The van der Waals surface area contributed by atoms with Crippen LogP contribution in [-0.2, 0) is 4.79 Å². The van der Waals surface area contributed by atoms with Crippen molar-refractivity contribution in [3.8, 4) is 0 Å². The van der Waals surface area contributed by atoms with Crippen molar-refractivity contribution in [2.75, 3.05) is 13.1 Å². The molecule has 98 valence electrons. The van der Waals surface area contributed by atoms with E-state index in [-0.39, 0.29) is 37.6 Å². The minimum atomic E-state index is -1.71. The van der Waals surface area contributed by atoms with Gasteiger partial charge in [0.15, 0.2) is 11.4 Å². The number of nitrogens with zero attached hydrogens (tertiary/aromatic N) is 1. The lowest BCUT2D eigenvalue weighted by atomic mass is 9.91. The highest BCUT2D eigenvalue weighted by Gasteiger charge is 2.40. The Morgan fingerprint density at radius 3 is 2.39 bits per heavy atom. The highest BCUT2D eigenvalue weighted by Crippen LogP contribution is 2.23. The number of aliphatic hydroxyl groups is 1. The summed E-state index contributed by atoms with van der Waals surface area (Å²) < 4.78 is 5.23. The van der Waals surface area contributed by atoms with E-state index < -0.39 is 11.6 Å². The molecular weight excluding hydrogens is 238 g/mol. The van der Waals surface area contributed by atoms with Gasteiger partial charge in [0.05, 0.1) is 0 Å². The summed E-state index contributed by atoms with van der Waals surface area (Å²) in [6.45, 7) is 2.17. The molecule has 1 saturated heterocycles. The van der Waals surface area contributed by atoms with Gasteiger partial charge in [-0.15, -0.1) is 0 Å². The summed E-state index contributed by atoms with van der Waals surface area (Å²) in [5, 5.41) is 18.6. The first-order valence-electron chi connectivity index (χ1n) is 5.74. The number of aryl methyl sites for hydroxylation is 1. The standard InChI is InChI=1S/C12H15NO5/c1-8-2-3-9(18-8)10(14)13-6-4-12(17,5-7-13)11(15)16/h2-3,17H,4-7H2,1H3,(H,15,16). The fraction of sp³-hybridized carbons (Fsp3) is 0.500. The van der Waals surface area contributed by atoms with Crippen LogP contribution in [0.4, 0.5) is 0 Å². The van der Waals surface area contributed by atoms with Gasteiger partial charge in [0.2, 0.25) is 0 Å². The van der Waals surface area contributed by atoms with Gasteiger partial charge in [-0.3, -0.25) is 4.79 Å². The molecule has 18 heavy (non-hydrogen) atoms. The minimum Gasteiger partial charge on any atom is -0.479 e. The smallest absolute Gasteiger partial charge is 0.335 e. The van der Waals surface area contributed by atoms with Crippen LogP contribution in [0.1, 0.15) is 29.2 Å². The largest absolute Gasteiger partial charge is 0.479 e. The van der Waals surface area contributed by atoms with Crippen molar-refractivity contribution in [3.05, 3.63) is 23.7 Å². The molecule has 2 N–H and O–H groups in total. The molecule has 0 unspecified atom stereocenters. The van der Waals surface area contributed by atoms with E-state index in [1.807, 2.05) is 0 Å². The maximum absolute atomic E-state index is 12.0. The van der Waals surface area contributed by atoms with Crippen molar-refractivity contribution < 1.29 is 24.2 Å². The molecule has 2 rings (SSSR count). The van der Waals surface area contributed by atoms with Crippen LogP contribution < -0.4 is 0 Å². The van der Waals surface area contributed by atoms with Gasteiger partial charge in [-0.2, -0.15) is 0 Å². The summed E-state index contributed by atoms with van der Waals surface area (Å²) in [5.74, 6) is -0.607. The van der Waals surface area contributed by atoms with Gasteiger partial charge in [-0.05, 0) is 19.1 Å². The molecule has 1 amide bonds. The molecule has 0 saturated carbocycles. The lowest BCUT2D eigenvalue weighted by Crippen LogP contribution is -2.50. The van der Waals surface area contributed by atoms with Gasteiger partial charge in [0, 0.05) is 25.9 Å². The molecule has 2 heterocycles. The Kier molecular flexibility index (Phi) is 3.13. The zero-order valence-electron chi connectivity index (χ0n) is 10.0. The van der Waals surface area contributed by atoms with Crippen LogP contribution in [0.25, 0.3) is 0 Å². The van der Waals surface area contributed by atoms with Crippen LogP contribution in [0.5, 0.6) is 0 Å². The van der Waals surface area contributed by atoms with Crippen molar-refractivity contribution >= 4 is 11.9 Å². The molecule has 1 aliphatic rings. The maximum atomic E-state index is 12.0. The quantitative estimate of drug-likeness (QED) is 0.807. The van der Waals surface area contributed by atoms with Crippen LogP contribution in [0, 0.1) is 6.92 Å². The summed E-state index contributed by atoms with van der Waals surface area (Å²) in [6, 6.07) is 3.29. The molecule has 1 aliphatic heterocycles. The molecule has 1 aromatic heterocycles. The van der Waals surface area contributed by atoms with Gasteiger partial charge in [-0.25, -0.2) is 4.79 Å². The number of carboxylic acid groups (broad SMARTS) is 1. The molecule has 0 bridgehead atoms. The number of carbonyl (C=O) groups excluding carboxylic acids is 1. The van der Waals surface area contributed by atoms with E-state index >= 15 is 0 Å². The van der Waals surface area contributed by atoms with E-state index in [1.165, 1.54) is 4.90 Å². The van der Waals surface area contributed by atoms with Crippen LogP contribution >= 0.6 is 0 Å². The van der Waals surface area contributed by atoms with E-state index in [1.54, 1.807) is 19.1 Å². The lowest BCUT2D eigenvalue weighted by Gasteiger charge is -2.34. The second kappa shape index (κ2) is 4.45. The van der Waals surface area contributed by atoms with Gasteiger partial charge in [0.25, 0.3) is 5.91 Å². The molecule has 1 fully saturated rings. The van der Waals surface area contributed by atoms with Crippen molar-refractivity contribution in [3.63, 3.8) is 0 Å². The van der Waals surface area contributed by atoms with Crippen molar-refractivity contribution in [2.24, 2.45) is 0 Å². The van der Waals surface area contributed by atoms with E-state index in [4.69, 9.17) is 9.52 Å². The zero-order chi connectivity index (χ0) is 13.3. The Bertz CT molecular complexity index is 471. The second-order valence-electron chi connectivity index (χ2n) is 4.54. The minimum absolute atomic E-state index is 0.0355. The molecule has 0 radical (unpaired) electrons. The number of hydrogen-bond donors (Lipinski definition) is 2. The lowest BCUT2D eigenvalue weighted by molar-refractivity contribution is -0.162.